The summed E-state index contributed by atoms with van der Waals surface area (Å²) in [5.41, 5.74) is 3.85. The lowest BCUT2D eigenvalue weighted by Crippen LogP contribution is -2.29. The SMILES string of the molecule is Cc1ccc(N2C(=O)C(=O)/C(=C(\O)c3ccc(Cl)cc3)C2c2ccccc2C)cc1. The quantitative estimate of drug-likeness (QED) is 0.343. The number of carbonyl (C=O) groups is 2. The van der Waals surface area contributed by atoms with Crippen molar-refractivity contribution in [2.45, 2.75) is 19.9 Å². The van der Waals surface area contributed by atoms with E-state index in [1.54, 1.807) is 24.3 Å². The lowest BCUT2D eigenvalue weighted by atomic mass is 9.92. The molecule has 1 heterocycles. The van der Waals surface area contributed by atoms with Crippen LogP contribution in [0.25, 0.3) is 5.76 Å². The molecule has 4 nitrogen and oxygen atoms in total. The van der Waals surface area contributed by atoms with Crippen LogP contribution in [0.2, 0.25) is 5.02 Å². The molecule has 0 bridgehead atoms. The minimum atomic E-state index is -0.732. The molecule has 1 unspecified atom stereocenters. The summed E-state index contributed by atoms with van der Waals surface area (Å²) >= 11 is 5.96. The molecule has 0 aliphatic carbocycles. The van der Waals surface area contributed by atoms with Crippen molar-refractivity contribution in [3.05, 3.63) is 106 Å². The summed E-state index contributed by atoms with van der Waals surface area (Å²) in [6.07, 6.45) is 0. The van der Waals surface area contributed by atoms with Gasteiger partial charge in [-0.1, -0.05) is 53.6 Å². The molecule has 0 radical (unpaired) electrons. The maximum atomic E-state index is 13.1. The zero-order valence-electron chi connectivity index (χ0n) is 16.6. The van der Waals surface area contributed by atoms with Gasteiger partial charge in [0.05, 0.1) is 11.6 Å². The molecular weight excluding hydrogens is 398 g/mol. The summed E-state index contributed by atoms with van der Waals surface area (Å²) in [6, 6.07) is 20.8. The van der Waals surface area contributed by atoms with Gasteiger partial charge in [-0.15, -0.1) is 0 Å². The molecule has 3 aromatic rings. The maximum absolute atomic E-state index is 13.1. The highest BCUT2D eigenvalue weighted by Gasteiger charge is 2.47. The van der Waals surface area contributed by atoms with Crippen molar-refractivity contribution >= 4 is 34.7 Å². The molecule has 0 saturated carbocycles. The number of aryl methyl sites for hydroxylation is 2. The molecule has 1 atom stereocenters. The lowest BCUT2D eigenvalue weighted by molar-refractivity contribution is -0.132. The number of carbonyl (C=O) groups excluding carboxylic acids is 2. The van der Waals surface area contributed by atoms with E-state index in [4.69, 9.17) is 11.6 Å². The van der Waals surface area contributed by atoms with Crippen LogP contribution in [0.4, 0.5) is 5.69 Å². The number of aliphatic hydroxyl groups is 1. The van der Waals surface area contributed by atoms with Gasteiger partial charge >= 0.3 is 0 Å². The molecular formula is C25H20ClNO3. The van der Waals surface area contributed by atoms with Crippen LogP contribution >= 0.6 is 11.6 Å². The predicted molar refractivity (Wildman–Crippen MR) is 119 cm³/mol. The number of hydrogen-bond donors (Lipinski definition) is 1. The maximum Gasteiger partial charge on any atom is 0.300 e. The standard InChI is InChI=1S/C25H20ClNO3/c1-15-7-13-19(14-8-15)27-22(20-6-4-3-5-16(20)2)21(24(29)25(27)30)23(28)17-9-11-18(26)12-10-17/h3-14,22,28H,1-2H3/b23-21-. The molecule has 1 amide bonds. The summed E-state index contributed by atoms with van der Waals surface area (Å²) in [5.74, 6) is -1.59. The van der Waals surface area contributed by atoms with E-state index in [0.29, 0.717) is 16.3 Å². The molecule has 1 aliphatic rings. The van der Waals surface area contributed by atoms with E-state index in [-0.39, 0.29) is 11.3 Å². The van der Waals surface area contributed by atoms with Crippen LogP contribution in [-0.4, -0.2) is 16.8 Å². The van der Waals surface area contributed by atoms with Crippen LogP contribution < -0.4 is 4.90 Å². The molecule has 3 aromatic carbocycles. The normalized spacial score (nSPS) is 18.1. The van der Waals surface area contributed by atoms with Crippen LogP contribution in [0.3, 0.4) is 0 Å². The van der Waals surface area contributed by atoms with E-state index in [1.807, 2.05) is 62.4 Å². The Kier molecular flexibility index (Phi) is 5.18. The van der Waals surface area contributed by atoms with Crippen LogP contribution in [0.15, 0.2) is 78.4 Å². The smallest absolute Gasteiger partial charge is 0.300 e. The first-order valence-electron chi connectivity index (χ1n) is 9.57. The zero-order valence-corrected chi connectivity index (χ0v) is 17.4. The van der Waals surface area contributed by atoms with E-state index < -0.39 is 17.7 Å². The second-order valence-electron chi connectivity index (χ2n) is 7.37. The molecule has 1 N–H and O–H groups in total. The number of benzene rings is 3. The zero-order chi connectivity index (χ0) is 21.4. The van der Waals surface area contributed by atoms with Crippen molar-refractivity contribution in [1.82, 2.24) is 0 Å². The van der Waals surface area contributed by atoms with Gasteiger partial charge in [-0.05, 0) is 61.4 Å². The fourth-order valence-corrected chi connectivity index (χ4v) is 3.88. The second kappa shape index (κ2) is 7.81. The first-order valence-corrected chi connectivity index (χ1v) is 9.95. The fourth-order valence-electron chi connectivity index (χ4n) is 3.76. The van der Waals surface area contributed by atoms with Gasteiger partial charge < -0.3 is 5.11 Å². The van der Waals surface area contributed by atoms with Crippen molar-refractivity contribution < 1.29 is 14.7 Å². The minimum Gasteiger partial charge on any atom is -0.507 e. The third-order valence-corrected chi connectivity index (χ3v) is 5.61. The monoisotopic (exact) mass is 417 g/mol. The average Bonchev–Trinajstić information content (AvgIpc) is 3.00. The van der Waals surface area contributed by atoms with Gasteiger partial charge in [0.2, 0.25) is 0 Å². The highest BCUT2D eigenvalue weighted by molar-refractivity contribution is 6.51. The number of Topliss-reactive ketones (excluding diaryl/α,β-unsaturated/α-hetero) is 1. The number of ketones is 1. The highest BCUT2D eigenvalue weighted by Crippen LogP contribution is 2.43. The number of aliphatic hydroxyl groups excluding tert-OH is 1. The molecule has 0 aromatic heterocycles. The van der Waals surface area contributed by atoms with Gasteiger partial charge in [-0.3, -0.25) is 14.5 Å². The van der Waals surface area contributed by atoms with Gasteiger partial charge in [0.25, 0.3) is 11.7 Å². The topological polar surface area (TPSA) is 57.6 Å². The first kappa shape index (κ1) is 19.9. The van der Waals surface area contributed by atoms with Gasteiger partial charge in [-0.2, -0.15) is 0 Å². The Bertz CT molecular complexity index is 1160. The summed E-state index contributed by atoms with van der Waals surface area (Å²) in [6.45, 7) is 3.88. The number of nitrogens with zero attached hydrogens (tertiary/aromatic N) is 1. The Hall–Kier alpha value is -3.37. The number of anilines is 1. The van der Waals surface area contributed by atoms with Gasteiger partial charge in [0, 0.05) is 16.3 Å². The van der Waals surface area contributed by atoms with Crippen molar-refractivity contribution in [2.24, 2.45) is 0 Å². The van der Waals surface area contributed by atoms with Crippen molar-refractivity contribution in [3.63, 3.8) is 0 Å². The van der Waals surface area contributed by atoms with E-state index in [0.717, 1.165) is 16.7 Å². The largest absolute Gasteiger partial charge is 0.507 e. The van der Waals surface area contributed by atoms with E-state index in [1.165, 1.54) is 4.90 Å². The van der Waals surface area contributed by atoms with E-state index in [2.05, 4.69) is 0 Å². The third kappa shape index (κ3) is 3.40. The summed E-state index contributed by atoms with van der Waals surface area (Å²) in [7, 11) is 0. The Morgan fingerprint density at radius 3 is 2.17 bits per heavy atom. The predicted octanol–water partition coefficient (Wildman–Crippen LogP) is 5.58. The summed E-state index contributed by atoms with van der Waals surface area (Å²) in [5, 5.41) is 11.6. The highest BCUT2D eigenvalue weighted by atomic mass is 35.5. The second-order valence-corrected chi connectivity index (χ2v) is 7.80. The Labute approximate surface area is 180 Å². The van der Waals surface area contributed by atoms with Crippen LogP contribution in [0.1, 0.15) is 28.3 Å². The lowest BCUT2D eigenvalue weighted by Gasteiger charge is -2.26. The van der Waals surface area contributed by atoms with Crippen molar-refractivity contribution in [3.8, 4) is 0 Å². The number of hydrogen-bond acceptors (Lipinski definition) is 3. The van der Waals surface area contributed by atoms with Gasteiger partial charge in [-0.25, -0.2) is 0 Å². The van der Waals surface area contributed by atoms with Gasteiger partial charge in [0.15, 0.2) is 0 Å². The van der Waals surface area contributed by atoms with Crippen LogP contribution in [-0.2, 0) is 9.59 Å². The van der Waals surface area contributed by atoms with Gasteiger partial charge in [0.1, 0.15) is 5.76 Å². The number of rotatable bonds is 3. The first-order chi connectivity index (χ1) is 14.4. The van der Waals surface area contributed by atoms with Crippen molar-refractivity contribution in [1.29, 1.82) is 0 Å². The molecule has 150 valence electrons. The Balaban J connectivity index is 1.96. The average molecular weight is 418 g/mol. The molecule has 30 heavy (non-hydrogen) atoms. The third-order valence-electron chi connectivity index (χ3n) is 5.36. The summed E-state index contributed by atoms with van der Waals surface area (Å²) in [4.78, 5) is 27.7. The number of halogens is 1. The van der Waals surface area contributed by atoms with Crippen molar-refractivity contribution in [2.75, 3.05) is 4.90 Å². The summed E-state index contributed by atoms with van der Waals surface area (Å²) < 4.78 is 0. The fraction of sp³-hybridized carbons (Fsp3) is 0.120. The van der Waals surface area contributed by atoms with Crippen LogP contribution in [0, 0.1) is 13.8 Å². The molecule has 0 spiro atoms. The Morgan fingerprint density at radius 2 is 1.53 bits per heavy atom. The minimum absolute atomic E-state index is 0.0668. The molecule has 4 rings (SSSR count). The molecule has 1 aliphatic heterocycles. The van der Waals surface area contributed by atoms with E-state index in [9.17, 15) is 14.7 Å². The molecule has 5 heteroatoms. The van der Waals surface area contributed by atoms with Crippen LogP contribution in [0.5, 0.6) is 0 Å². The molecule has 1 saturated heterocycles. The Morgan fingerprint density at radius 1 is 0.900 bits per heavy atom. The molecule has 1 fully saturated rings. The van der Waals surface area contributed by atoms with E-state index >= 15 is 0 Å². The number of amides is 1.